The number of halogens is 3. The zero-order valence-corrected chi connectivity index (χ0v) is 24.8. The molecule has 2 N–H and O–H groups in total. The summed E-state index contributed by atoms with van der Waals surface area (Å²) in [7, 11) is 0. The smallest absolute Gasteiger partial charge is 0.349 e. The number of nitrogens with one attached hydrogen (secondary N) is 2. The minimum atomic E-state index is -1.18. The molecule has 1 saturated carbocycles. The first kappa shape index (κ1) is 29.9. The number of anilines is 2. The van der Waals surface area contributed by atoms with Gasteiger partial charge in [0, 0.05) is 29.1 Å². The van der Waals surface area contributed by atoms with E-state index in [0.717, 1.165) is 31.2 Å². The Hall–Kier alpha value is -3.59. The minimum absolute atomic E-state index is 0.155. The lowest BCUT2D eigenvalue weighted by Gasteiger charge is -2.44. The van der Waals surface area contributed by atoms with Gasteiger partial charge in [0.05, 0.1) is 30.8 Å². The normalized spacial score (nSPS) is 17.0. The lowest BCUT2D eigenvalue weighted by molar-refractivity contribution is -0.158. The Morgan fingerprint density at radius 2 is 1.69 bits per heavy atom. The molecule has 10 heteroatoms. The Balaban J connectivity index is 1.43. The number of aromatic nitrogens is 1. The summed E-state index contributed by atoms with van der Waals surface area (Å²) in [5.74, 6) is -1.41. The minimum Gasteiger partial charge on any atom is -0.477 e. The fourth-order valence-electron chi connectivity index (χ4n) is 5.95. The molecule has 1 aromatic heterocycles. The summed E-state index contributed by atoms with van der Waals surface area (Å²) < 4.78 is 45.8. The molecule has 0 spiro atoms. The second kappa shape index (κ2) is 12.3. The SMILES string of the molecule is CCOC(=O)C(C)(C)Oc1ccc(OCC(C2CCCCC2)C2(c3ccc(Cl)cc3)Nc3cc(F)c(F)cc3N2)nc1. The highest BCUT2D eigenvalue weighted by atomic mass is 35.5. The molecule has 42 heavy (non-hydrogen) atoms. The monoisotopic (exact) mass is 599 g/mol. The van der Waals surface area contributed by atoms with Crippen LogP contribution in [0.2, 0.25) is 5.02 Å². The van der Waals surface area contributed by atoms with Crippen molar-refractivity contribution in [2.24, 2.45) is 11.8 Å². The van der Waals surface area contributed by atoms with Crippen LogP contribution in [0, 0.1) is 23.5 Å². The summed E-state index contributed by atoms with van der Waals surface area (Å²) in [5.41, 5.74) is -0.254. The summed E-state index contributed by atoms with van der Waals surface area (Å²) in [6, 6.07) is 13.2. The maximum Gasteiger partial charge on any atom is 0.349 e. The van der Waals surface area contributed by atoms with E-state index >= 15 is 0 Å². The maximum atomic E-state index is 14.3. The summed E-state index contributed by atoms with van der Waals surface area (Å²) in [6.45, 7) is 5.55. The van der Waals surface area contributed by atoms with Crippen LogP contribution >= 0.6 is 11.6 Å². The molecule has 1 fully saturated rings. The molecule has 0 saturated heterocycles. The standard InChI is InChI=1S/C32H36ClF2N3O4/c1-4-40-30(39)31(2,3)42-23-14-15-29(36-18-23)41-19-24(20-8-6-5-7-9-20)32(21-10-12-22(33)13-11-21)37-27-16-25(34)26(35)17-28(27)38-32/h10-18,20,24,37-38H,4-9,19H2,1-3H3. The number of pyridine rings is 1. The van der Waals surface area contributed by atoms with Crippen molar-refractivity contribution in [1.82, 2.24) is 4.98 Å². The topological polar surface area (TPSA) is 81.7 Å². The van der Waals surface area contributed by atoms with Crippen LogP contribution in [0.5, 0.6) is 11.6 Å². The highest BCUT2D eigenvalue weighted by Crippen LogP contribution is 2.49. The molecule has 224 valence electrons. The van der Waals surface area contributed by atoms with Crippen LogP contribution in [0.25, 0.3) is 0 Å². The highest BCUT2D eigenvalue weighted by Gasteiger charge is 2.49. The van der Waals surface area contributed by atoms with Crippen LogP contribution in [0.15, 0.2) is 54.7 Å². The number of ether oxygens (including phenoxy) is 3. The van der Waals surface area contributed by atoms with Crippen molar-refractivity contribution in [1.29, 1.82) is 0 Å². The third-order valence-electron chi connectivity index (χ3n) is 8.06. The molecule has 7 nitrogen and oxygen atoms in total. The molecular formula is C32H36ClF2N3O4. The van der Waals surface area contributed by atoms with Crippen molar-refractivity contribution in [3.8, 4) is 11.6 Å². The summed E-state index contributed by atoms with van der Waals surface area (Å²) >= 11 is 6.24. The molecule has 1 aliphatic carbocycles. The van der Waals surface area contributed by atoms with E-state index in [4.69, 9.17) is 25.8 Å². The highest BCUT2D eigenvalue weighted by molar-refractivity contribution is 6.30. The second-order valence-corrected chi connectivity index (χ2v) is 11.8. The van der Waals surface area contributed by atoms with Gasteiger partial charge in [0.1, 0.15) is 11.4 Å². The molecule has 2 aromatic carbocycles. The van der Waals surface area contributed by atoms with Gasteiger partial charge >= 0.3 is 5.97 Å². The van der Waals surface area contributed by atoms with Gasteiger partial charge in [0.2, 0.25) is 5.88 Å². The van der Waals surface area contributed by atoms with Crippen molar-refractivity contribution in [2.45, 2.75) is 64.1 Å². The Morgan fingerprint density at radius 1 is 1.05 bits per heavy atom. The third-order valence-corrected chi connectivity index (χ3v) is 8.31. The van der Waals surface area contributed by atoms with E-state index < -0.39 is 28.9 Å². The number of hydrogen-bond donors (Lipinski definition) is 2. The Bertz CT molecular complexity index is 1370. The van der Waals surface area contributed by atoms with Gasteiger partial charge in [0.25, 0.3) is 0 Å². The summed E-state index contributed by atoms with van der Waals surface area (Å²) in [5, 5.41) is 7.62. The average Bonchev–Trinajstić information content (AvgIpc) is 3.34. The molecule has 2 aliphatic rings. The first-order valence-corrected chi connectivity index (χ1v) is 14.8. The van der Waals surface area contributed by atoms with Gasteiger partial charge in [-0.05, 0) is 63.3 Å². The largest absolute Gasteiger partial charge is 0.477 e. The number of rotatable bonds is 10. The Kier molecular flexibility index (Phi) is 8.78. The predicted octanol–water partition coefficient (Wildman–Crippen LogP) is 7.70. The molecular weight excluding hydrogens is 564 g/mol. The van der Waals surface area contributed by atoms with Crippen LogP contribution in [0.1, 0.15) is 58.4 Å². The number of benzene rings is 2. The molecule has 3 aromatic rings. The number of carbonyl (C=O) groups excluding carboxylic acids is 1. The lowest BCUT2D eigenvalue weighted by Crippen LogP contribution is -2.51. The lowest BCUT2D eigenvalue weighted by atomic mass is 9.72. The van der Waals surface area contributed by atoms with Crippen LogP contribution in [-0.2, 0) is 15.2 Å². The van der Waals surface area contributed by atoms with E-state index in [9.17, 15) is 13.6 Å². The molecule has 1 atom stereocenters. The zero-order chi connectivity index (χ0) is 29.9. The van der Waals surface area contributed by atoms with Crippen LogP contribution in [0.3, 0.4) is 0 Å². The zero-order valence-electron chi connectivity index (χ0n) is 24.0. The van der Waals surface area contributed by atoms with E-state index in [1.165, 1.54) is 24.8 Å². The van der Waals surface area contributed by atoms with Crippen LogP contribution < -0.4 is 20.1 Å². The molecule has 0 amide bonds. The first-order valence-electron chi connectivity index (χ1n) is 14.4. The molecule has 2 heterocycles. The van der Waals surface area contributed by atoms with Crippen molar-refractivity contribution >= 4 is 28.9 Å². The van der Waals surface area contributed by atoms with Crippen LogP contribution in [-0.4, -0.2) is 29.8 Å². The number of fused-ring (bicyclic) bond motifs is 1. The van der Waals surface area contributed by atoms with E-state index in [2.05, 4.69) is 15.6 Å². The van der Waals surface area contributed by atoms with Gasteiger partial charge in [-0.15, -0.1) is 0 Å². The maximum absolute atomic E-state index is 14.3. The Labute approximate surface area is 249 Å². The number of nitrogens with zero attached hydrogens (tertiary/aromatic N) is 1. The van der Waals surface area contributed by atoms with Crippen molar-refractivity contribution in [3.05, 3.63) is 76.9 Å². The van der Waals surface area contributed by atoms with Gasteiger partial charge < -0.3 is 24.8 Å². The summed E-state index contributed by atoms with van der Waals surface area (Å²) in [6.07, 6.45) is 6.85. The quantitative estimate of drug-likeness (QED) is 0.231. The fourth-order valence-corrected chi connectivity index (χ4v) is 6.07. The number of esters is 1. The van der Waals surface area contributed by atoms with E-state index in [1.807, 2.05) is 24.3 Å². The molecule has 5 rings (SSSR count). The Morgan fingerprint density at radius 3 is 2.26 bits per heavy atom. The third kappa shape index (κ3) is 6.26. The van der Waals surface area contributed by atoms with Gasteiger partial charge in [0.15, 0.2) is 17.2 Å². The molecule has 1 aliphatic heterocycles. The van der Waals surface area contributed by atoms with Crippen molar-refractivity contribution in [2.75, 3.05) is 23.8 Å². The fraction of sp³-hybridized carbons (Fsp3) is 0.438. The van der Waals surface area contributed by atoms with Gasteiger partial charge in [-0.1, -0.05) is 43.0 Å². The van der Waals surface area contributed by atoms with Crippen molar-refractivity contribution in [3.63, 3.8) is 0 Å². The summed E-state index contributed by atoms with van der Waals surface area (Å²) in [4.78, 5) is 16.6. The van der Waals surface area contributed by atoms with Gasteiger partial charge in [-0.25, -0.2) is 18.6 Å². The van der Waals surface area contributed by atoms with Gasteiger partial charge in [-0.3, -0.25) is 0 Å². The van der Waals surface area contributed by atoms with E-state index in [1.54, 1.807) is 32.9 Å². The average molecular weight is 600 g/mol. The predicted molar refractivity (Wildman–Crippen MR) is 158 cm³/mol. The second-order valence-electron chi connectivity index (χ2n) is 11.4. The number of hydrogen-bond acceptors (Lipinski definition) is 7. The first-order chi connectivity index (χ1) is 20.1. The molecule has 0 radical (unpaired) electrons. The molecule has 1 unspecified atom stereocenters. The number of carbonyl (C=O) groups is 1. The van der Waals surface area contributed by atoms with Gasteiger partial charge in [-0.2, -0.15) is 0 Å². The molecule has 0 bridgehead atoms. The van der Waals surface area contributed by atoms with E-state index in [-0.39, 0.29) is 25.0 Å². The van der Waals surface area contributed by atoms with E-state index in [0.29, 0.717) is 28.0 Å². The van der Waals surface area contributed by atoms with Crippen LogP contribution in [0.4, 0.5) is 20.2 Å². The van der Waals surface area contributed by atoms with Crippen molar-refractivity contribution < 1.29 is 27.8 Å².